The first-order chi connectivity index (χ1) is 8.38. The summed E-state index contributed by atoms with van der Waals surface area (Å²) in [6, 6.07) is 6.64. The van der Waals surface area contributed by atoms with Crippen molar-refractivity contribution >= 4 is 27.8 Å². The number of nitrogens with zero attached hydrogens (tertiary/aromatic N) is 2. The maximum Gasteiger partial charge on any atom is 0.0455 e. The lowest BCUT2D eigenvalue weighted by molar-refractivity contribution is 0.271. The first kappa shape index (κ1) is 11.1. The number of anilines is 1. The molecule has 1 saturated heterocycles. The minimum absolute atomic E-state index is 1.16. The van der Waals surface area contributed by atoms with E-state index in [9.17, 15) is 0 Å². The SMILES string of the molecule is CCN1CCN(c2cccc3cscc23)CC1. The molecule has 0 bridgehead atoms. The maximum atomic E-state index is 2.53. The highest BCUT2D eigenvalue weighted by molar-refractivity contribution is 7.09. The molecule has 0 amide bonds. The van der Waals surface area contributed by atoms with Crippen molar-refractivity contribution in [3.63, 3.8) is 0 Å². The third kappa shape index (κ3) is 2.05. The number of hydrogen-bond acceptors (Lipinski definition) is 3. The van der Waals surface area contributed by atoms with Crippen LogP contribution in [-0.4, -0.2) is 37.6 Å². The van der Waals surface area contributed by atoms with Crippen molar-refractivity contribution in [1.82, 2.24) is 4.90 Å². The largest absolute Gasteiger partial charge is 0.368 e. The van der Waals surface area contributed by atoms with Crippen LogP contribution in [0.1, 0.15) is 6.92 Å². The Morgan fingerprint density at radius 1 is 1.12 bits per heavy atom. The Morgan fingerprint density at radius 2 is 1.94 bits per heavy atom. The molecule has 3 heteroatoms. The lowest BCUT2D eigenvalue weighted by Gasteiger charge is -2.35. The van der Waals surface area contributed by atoms with Gasteiger partial charge in [0.2, 0.25) is 0 Å². The molecule has 90 valence electrons. The molecule has 1 aliphatic heterocycles. The number of rotatable bonds is 2. The molecule has 2 nitrogen and oxygen atoms in total. The molecular formula is C14H18N2S. The van der Waals surface area contributed by atoms with Crippen molar-refractivity contribution in [3.05, 3.63) is 29.0 Å². The molecule has 1 fully saturated rings. The molecule has 2 aromatic rings. The average Bonchev–Trinajstić information content (AvgIpc) is 2.87. The molecule has 17 heavy (non-hydrogen) atoms. The normalized spacial score (nSPS) is 17.8. The Bertz CT molecular complexity index is 498. The van der Waals surface area contributed by atoms with E-state index in [4.69, 9.17) is 0 Å². The summed E-state index contributed by atoms with van der Waals surface area (Å²) in [4.78, 5) is 5.05. The van der Waals surface area contributed by atoms with E-state index < -0.39 is 0 Å². The van der Waals surface area contributed by atoms with Crippen LogP contribution in [0.3, 0.4) is 0 Å². The van der Waals surface area contributed by atoms with Crippen molar-refractivity contribution in [2.24, 2.45) is 0 Å². The molecule has 1 aromatic carbocycles. The van der Waals surface area contributed by atoms with Crippen molar-refractivity contribution < 1.29 is 0 Å². The van der Waals surface area contributed by atoms with Crippen LogP contribution in [0.5, 0.6) is 0 Å². The highest BCUT2D eigenvalue weighted by atomic mass is 32.1. The summed E-state index contributed by atoms with van der Waals surface area (Å²) in [7, 11) is 0. The number of benzene rings is 1. The van der Waals surface area contributed by atoms with Crippen molar-refractivity contribution in [3.8, 4) is 0 Å². The Balaban J connectivity index is 1.87. The quantitative estimate of drug-likeness (QED) is 0.803. The van der Waals surface area contributed by atoms with E-state index >= 15 is 0 Å². The van der Waals surface area contributed by atoms with E-state index in [2.05, 4.69) is 45.7 Å². The van der Waals surface area contributed by atoms with E-state index in [0.29, 0.717) is 0 Å². The first-order valence-corrected chi connectivity index (χ1v) is 7.25. The van der Waals surface area contributed by atoms with E-state index in [-0.39, 0.29) is 0 Å². The van der Waals surface area contributed by atoms with Crippen LogP contribution >= 0.6 is 11.3 Å². The minimum Gasteiger partial charge on any atom is -0.368 e. The Labute approximate surface area is 106 Å². The lowest BCUT2D eigenvalue weighted by Crippen LogP contribution is -2.46. The zero-order valence-electron chi connectivity index (χ0n) is 10.2. The summed E-state index contributed by atoms with van der Waals surface area (Å²) < 4.78 is 0. The van der Waals surface area contributed by atoms with Gasteiger partial charge in [0.25, 0.3) is 0 Å². The third-order valence-electron chi connectivity index (χ3n) is 3.66. The second-order valence-electron chi connectivity index (χ2n) is 4.57. The minimum atomic E-state index is 1.16. The van der Waals surface area contributed by atoms with Gasteiger partial charge in [0.1, 0.15) is 0 Å². The second-order valence-corrected chi connectivity index (χ2v) is 5.32. The van der Waals surface area contributed by atoms with E-state index in [1.165, 1.54) is 36.1 Å². The van der Waals surface area contributed by atoms with Crippen LogP contribution in [0.2, 0.25) is 0 Å². The molecule has 0 atom stereocenters. The van der Waals surface area contributed by atoms with Gasteiger partial charge in [0.15, 0.2) is 0 Å². The molecule has 1 aliphatic rings. The van der Waals surface area contributed by atoms with E-state index in [1.54, 1.807) is 11.3 Å². The standard InChI is InChI=1S/C14H18N2S/c1-2-15-6-8-16(9-7-15)14-5-3-4-12-10-17-11-13(12)14/h3-5,10-11H,2,6-9H2,1H3. The molecule has 0 saturated carbocycles. The topological polar surface area (TPSA) is 6.48 Å². The predicted molar refractivity (Wildman–Crippen MR) is 76.2 cm³/mol. The van der Waals surface area contributed by atoms with Gasteiger partial charge in [0.05, 0.1) is 0 Å². The van der Waals surface area contributed by atoms with Crippen molar-refractivity contribution in [1.29, 1.82) is 0 Å². The summed E-state index contributed by atoms with van der Waals surface area (Å²) in [5.74, 6) is 0. The number of fused-ring (bicyclic) bond motifs is 1. The molecule has 2 heterocycles. The van der Waals surface area contributed by atoms with Gasteiger partial charge in [-0.3, -0.25) is 0 Å². The average molecular weight is 246 g/mol. The van der Waals surface area contributed by atoms with Gasteiger partial charge in [-0.2, -0.15) is 11.3 Å². The van der Waals surface area contributed by atoms with Crippen LogP contribution in [0, 0.1) is 0 Å². The highest BCUT2D eigenvalue weighted by Crippen LogP contribution is 2.30. The molecule has 0 spiro atoms. The zero-order valence-corrected chi connectivity index (χ0v) is 11.0. The molecule has 0 radical (unpaired) electrons. The molecule has 0 unspecified atom stereocenters. The fraction of sp³-hybridized carbons (Fsp3) is 0.429. The van der Waals surface area contributed by atoms with E-state index in [0.717, 1.165) is 13.1 Å². The van der Waals surface area contributed by atoms with Gasteiger partial charge in [0, 0.05) is 42.6 Å². The predicted octanol–water partition coefficient (Wildman–Crippen LogP) is 3.04. The Hall–Kier alpha value is -1.06. The molecule has 1 aromatic heterocycles. The van der Waals surface area contributed by atoms with Crippen molar-refractivity contribution in [2.75, 3.05) is 37.6 Å². The second kappa shape index (κ2) is 4.67. The zero-order chi connectivity index (χ0) is 11.7. The summed E-state index contributed by atoms with van der Waals surface area (Å²) in [6.45, 7) is 8.12. The van der Waals surface area contributed by atoms with E-state index in [1.807, 2.05) is 0 Å². The smallest absolute Gasteiger partial charge is 0.0455 e. The number of hydrogen-bond donors (Lipinski definition) is 0. The van der Waals surface area contributed by atoms with Gasteiger partial charge in [-0.05, 0) is 23.4 Å². The first-order valence-electron chi connectivity index (χ1n) is 6.30. The number of thiophene rings is 1. The summed E-state index contributed by atoms with van der Waals surface area (Å²) in [6.07, 6.45) is 0. The molecule has 3 rings (SSSR count). The third-order valence-corrected chi connectivity index (χ3v) is 4.42. The number of likely N-dealkylation sites (N-methyl/N-ethyl adjacent to an activating group) is 1. The lowest BCUT2D eigenvalue weighted by atomic mass is 10.1. The Morgan fingerprint density at radius 3 is 2.71 bits per heavy atom. The fourth-order valence-corrected chi connectivity index (χ4v) is 3.37. The molecule has 0 N–H and O–H groups in total. The van der Waals surface area contributed by atoms with Gasteiger partial charge in [-0.15, -0.1) is 0 Å². The fourth-order valence-electron chi connectivity index (χ4n) is 2.56. The van der Waals surface area contributed by atoms with Crippen LogP contribution in [0.4, 0.5) is 5.69 Å². The van der Waals surface area contributed by atoms with Gasteiger partial charge in [-0.25, -0.2) is 0 Å². The van der Waals surface area contributed by atoms with Crippen LogP contribution in [-0.2, 0) is 0 Å². The molecule has 0 aliphatic carbocycles. The number of piperazine rings is 1. The van der Waals surface area contributed by atoms with Gasteiger partial charge in [-0.1, -0.05) is 19.1 Å². The Kier molecular flexibility index (Phi) is 3.04. The highest BCUT2D eigenvalue weighted by Gasteiger charge is 2.17. The molecular weight excluding hydrogens is 228 g/mol. The van der Waals surface area contributed by atoms with Crippen LogP contribution in [0.25, 0.3) is 10.8 Å². The summed E-state index contributed by atoms with van der Waals surface area (Å²) in [5, 5.41) is 7.31. The monoisotopic (exact) mass is 246 g/mol. The maximum absolute atomic E-state index is 2.53. The van der Waals surface area contributed by atoms with Crippen LogP contribution < -0.4 is 4.90 Å². The van der Waals surface area contributed by atoms with Crippen molar-refractivity contribution in [2.45, 2.75) is 6.92 Å². The summed E-state index contributed by atoms with van der Waals surface area (Å²) in [5.41, 5.74) is 1.42. The summed E-state index contributed by atoms with van der Waals surface area (Å²) >= 11 is 1.80. The van der Waals surface area contributed by atoms with Gasteiger partial charge >= 0.3 is 0 Å². The van der Waals surface area contributed by atoms with Crippen LogP contribution in [0.15, 0.2) is 29.0 Å². The van der Waals surface area contributed by atoms with Gasteiger partial charge < -0.3 is 9.80 Å².